The highest BCUT2D eigenvalue weighted by Gasteiger charge is 2.23. The molecule has 174 valence electrons. The molecule has 0 fully saturated rings. The molecule has 2 heterocycles. The number of rotatable bonds is 6. The van der Waals surface area contributed by atoms with Crippen LogP contribution in [0.5, 0.6) is 0 Å². The van der Waals surface area contributed by atoms with Gasteiger partial charge in [0.25, 0.3) is 5.56 Å². The Morgan fingerprint density at radius 3 is 2.32 bits per heavy atom. The van der Waals surface area contributed by atoms with Gasteiger partial charge in [-0.25, -0.2) is 9.78 Å². The Bertz CT molecular complexity index is 1400. The van der Waals surface area contributed by atoms with Gasteiger partial charge in [-0.1, -0.05) is 55.8 Å². The number of aryl methyl sites for hydroxylation is 2. The van der Waals surface area contributed by atoms with Crippen LogP contribution in [0.25, 0.3) is 27.5 Å². The van der Waals surface area contributed by atoms with Crippen LogP contribution in [0, 0.1) is 6.92 Å². The van der Waals surface area contributed by atoms with E-state index < -0.39 is 5.97 Å². The van der Waals surface area contributed by atoms with E-state index in [-0.39, 0.29) is 5.56 Å². The third kappa shape index (κ3) is 4.31. The van der Waals surface area contributed by atoms with Crippen molar-refractivity contribution in [2.75, 3.05) is 7.11 Å². The fourth-order valence-electron chi connectivity index (χ4n) is 4.10. The average molecular weight is 493 g/mol. The number of aromatic nitrogens is 2. The number of benzene rings is 2. The highest BCUT2D eigenvalue weighted by Crippen LogP contribution is 2.31. The van der Waals surface area contributed by atoms with Crippen molar-refractivity contribution in [1.82, 2.24) is 9.55 Å². The Balaban J connectivity index is 1.99. The summed E-state index contributed by atoms with van der Waals surface area (Å²) in [5, 5.41) is 3.09. The molecule has 7 heteroatoms. The molecule has 0 spiro atoms. The van der Waals surface area contributed by atoms with Crippen molar-refractivity contribution in [2.24, 2.45) is 0 Å². The van der Waals surface area contributed by atoms with Crippen LogP contribution in [-0.4, -0.2) is 22.6 Å². The number of esters is 1. The molecule has 0 amide bonds. The fraction of sp³-hybridized carbons (Fsp3) is 0.222. The number of nitrogens with zero attached hydrogens (tertiary/aromatic N) is 2. The summed E-state index contributed by atoms with van der Waals surface area (Å²) in [7, 11) is 1.34. The maximum absolute atomic E-state index is 13.9. The van der Waals surface area contributed by atoms with Crippen molar-refractivity contribution in [1.29, 1.82) is 0 Å². The summed E-state index contributed by atoms with van der Waals surface area (Å²) in [6, 6.07) is 15.0. The fourth-order valence-corrected chi connectivity index (χ4v) is 5.06. The summed E-state index contributed by atoms with van der Waals surface area (Å²) in [6.07, 6.45) is 1.51. The lowest BCUT2D eigenvalue weighted by Gasteiger charge is -2.20. The predicted octanol–water partition coefficient (Wildman–Crippen LogP) is 6.50. The van der Waals surface area contributed by atoms with Gasteiger partial charge in [0.15, 0.2) is 0 Å². The molecule has 4 aromatic rings. The van der Waals surface area contributed by atoms with Gasteiger partial charge in [-0.2, -0.15) is 0 Å². The van der Waals surface area contributed by atoms with Crippen LogP contribution in [0.3, 0.4) is 0 Å². The molecular formula is C27H25ClN2O3S. The summed E-state index contributed by atoms with van der Waals surface area (Å²) in [6.45, 7) is 5.90. The van der Waals surface area contributed by atoms with E-state index in [4.69, 9.17) is 21.3 Å². The first kappa shape index (κ1) is 23.9. The lowest BCUT2D eigenvalue weighted by atomic mass is 10.0. The van der Waals surface area contributed by atoms with Crippen LogP contribution >= 0.6 is 22.9 Å². The zero-order chi connectivity index (χ0) is 24.4. The maximum atomic E-state index is 13.9. The summed E-state index contributed by atoms with van der Waals surface area (Å²) in [5.41, 5.74) is 5.59. The minimum Gasteiger partial charge on any atom is -0.465 e. The number of ether oxygens (including phenoxy) is 1. The second-order valence-corrected chi connectivity index (χ2v) is 9.16. The first-order chi connectivity index (χ1) is 16.4. The summed E-state index contributed by atoms with van der Waals surface area (Å²) < 4.78 is 6.71. The van der Waals surface area contributed by atoms with Crippen molar-refractivity contribution in [3.05, 3.63) is 91.7 Å². The van der Waals surface area contributed by atoms with E-state index in [1.807, 2.05) is 35.7 Å². The number of thiazole rings is 1. The van der Waals surface area contributed by atoms with Crippen molar-refractivity contribution < 1.29 is 9.53 Å². The van der Waals surface area contributed by atoms with Crippen molar-refractivity contribution in [2.45, 2.75) is 33.6 Å². The van der Waals surface area contributed by atoms with E-state index in [2.05, 4.69) is 13.8 Å². The zero-order valence-electron chi connectivity index (χ0n) is 19.5. The highest BCUT2D eigenvalue weighted by molar-refractivity contribution is 7.13. The average Bonchev–Trinajstić information content (AvgIpc) is 3.34. The Kier molecular flexibility index (Phi) is 7.00. The third-order valence-corrected chi connectivity index (χ3v) is 7.04. The SMILES string of the molecule is CCc1cccc(CC)c1-n1c(C)c(C(=O)OC)cc(-c2nc(-c3ccc(Cl)cc3)cs2)c1=O. The molecule has 0 aliphatic heterocycles. The smallest absolute Gasteiger partial charge is 0.339 e. The molecule has 4 rings (SSSR count). The Labute approximate surface area is 207 Å². The van der Waals surface area contributed by atoms with Crippen LogP contribution in [0.1, 0.15) is 41.0 Å². The number of hydrogen-bond acceptors (Lipinski definition) is 5. The molecule has 0 saturated carbocycles. The zero-order valence-corrected chi connectivity index (χ0v) is 21.1. The van der Waals surface area contributed by atoms with Crippen molar-refractivity contribution in [3.8, 4) is 27.5 Å². The van der Waals surface area contributed by atoms with Gasteiger partial charge in [0, 0.05) is 21.7 Å². The molecule has 2 aromatic heterocycles. The number of para-hydroxylation sites is 1. The molecule has 0 aliphatic carbocycles. The molecule has 0 N–H and O–H groups in total. The molecule has 0 radical (unpaired) electrons. The highest BCUT2D eigenvalue weighted by atomic mass is 35.5. The molecule has 0 atom stereocenters. The molecular weight excluding hydrogens is 468 g/mol. The minimum atomic E-state index is -0.492. The first-order valence-electron chi connectivity index (χ1n) is 11.1. The van der Waals surface area contributed by atoms with Gasteiger partial charge < -0.3 is 4.74 Å². The normalized spacial score (nSPS) is 11.0. The van der Waals surface area contributed by atoms with Gasteiger partial charge in [0.05, 0.1) is 29.6 Å². The van der Waals surface area contributed by atoms with E-state index in [1.165, 1.54) is 18.4 Å². The van der Waals surface area contributed by atoms with Gasteiger partial charge in [-0.3, -0.25) is 9.36 Å². The van der Waals surface area contributed by atoms with E-state index in [0.29, 0.717) is 26.9 Å². The quantitative estimate of drug-likeness (QED) is 0.288. The molecule has 0 aliphatic rings. The van der Waals surface area contributed by atoms with Gasteiger partial charge in [-0.05, 0) is 49.1 Å². The van der Waals surface area contributed by atoms with Crippen LogP contribution < -0.4 is 5.56 Å². The number of pyridine rings is 1. The Morgan fingerprint density at radius 2 is 1.74 bits per heavy atom. The minimum absolute atomic E-state index is 0.210. The molecule has 34 heavy (non-hydrogen) atoms. The standard InChI is InChI=1S/C27H25ClN2O3S/c1-5-17-8-7-9-18(6-2)24(17)30-16(3)21(27(32)33-4)14-22(26(30)31)25-29-23(15-34-25)19-10-12-20(28)13-11-19/h7-15H,5-6H2,1-4H3. The molecule has 0 saturated heterocycles. The third-order valence-electron chi connectivity index (χ3n) is 5.92. The van der Waals surface area contributed by atoms with Gasteiger partial charge in [0.2, 0.25) is 0 Å². The number of carbonyl (C=O) groups is 1. The Morgan fingerprint density at radius 1 is 1.09 bits per heavy atom. The van der Waals surface area contributed by atoms with Crippen LogP contribution in [-0.2, 0) is 17.6 Å². The number of hydrogen-bond donors (Lipinski definition) is 0. The number of carbonyl (C=O) groups excluding carboxylic acids is 1. The van der Waals surface area contributed by atoms with E-state index in [1.54, 1.807) is 29.7 Å². The number of methoxy groups -OCH3 is 1. The second-order valence-electron chi connectivity index (χ2n) is 7.87. The molecule has 0 bridgehead atoms. The van der Waals surface area contributed by atoms with Gasteiger partial charge in [0.1, 0.15) is 5.01 Å². The van der Waals surface area contributed by atoms with E-state index >= 15 is 0 Å². The lowest BCUT2D eigenvalue weighted by Crippen LogP contribution is -2.27. The summed E-state index contributed by atoms with van der Waals surface area (Å²) >= 11 is 7.38. The molecule has 0 unspecified atom stereocenters. The summed E-state index contributed by atoms with van der Waals surface area (Å²) in [4.78, 5) is 31.4. The molecule has 5 nitrogen and oxygen atoms in total. The number of halogens is 1. The Hall–Kier alpha value is -3.22. The van der Waals surface area contributed by atoms with Crippen LogP contribution in [0.4, 0.5) is 0 Å². The van der Waals surface area contributed by atoms with Crippen LogP contribution in [0.15, 0.2) is 58.7 Å². The summed E-state index contributed by atoms with van der Waals surface area (Å²) in [5.74, 6) is -0.492. The second kappa shape index (κ2) is 9.95. The van der Waals surface area contributed by atoms with Crippen molar-refractivity contribution in [3.63, 3.8) is 0 Å². The largest absolute Gasteiger partial charge is 0.465 e. The van der Waals surface area contributed by atoms with Gasteiger partial charge in [-0.15, -0.1) is 11.3 Å². The first-order valence-corrected chi connectivity index (χ1v) is 12.3. The van der Waals surface area contributed by atoms with Gasteiger partial charge >= 0.3 is 5.97 Å². The topological polar surface area (TPSA) is 61.2 Å². The van der Waals surface area contributed by atoms with Crippen LogP contribution in [0.2, 0.25) is 5.02 Å². The van der Waals surface area contributed by atoms with Crippen molar-refractivity contribution >= 4 is 28.9 Å². The predicted molar refractivity (Wildman–Crippen MR) is 138 cm³/mol. The lowest BCUT2D eigenvalue weighted by molar-refractivity contribution is 0.0599. The monoisotopic (exact) mass is 492 g/mol. The van der Waals surface area contributed by atoms with E-state index in [9.17, 15) is 9.59 Å². The molecule has 2 aromatic carbocycles. The maximum Gasteiger partial charge on any atom is 0.339 e. The van der Waals surface area contributed by atoms with E-state index in [0.717, 1.165) is 40.9 Å².